The minimum atomic E-state index is -3.76. The van der Waals surface area contributed by atoms with E-state index in [1.54, 1.807) is 12.1 Å². The number of aryl methyl sites for hydroxylation is 2. The van der Waals surface area contributed by atoms with E-state index in [2.05, 4.69) is 5.32 Å². The van der Waals surface area contributed by atoms with Crippen molar-refractivity contribution in [2.24, 2.45) is 5.73 Å². The highest BCUT2D eigenvalue weighted by atomic mass is 32.2. The van der Waals surface area contributed by atoms with Crippen LogP contribution in [-0.2, 0) is 27.5 Å². The molecule has 138 valence electrons. The molecule has 0 bridgehead atoms. The molecule has 0 fully saturated rings. The lowest BCUT2D eigenvalue weighted by atomic mass is 9.95. The van der Waals surface area contributed by atoms with Crippen molar-refractivity contribution in [1.82, 2.24) is 0 Å². The average molecular weight is 393 g/mol. The van der Waals surface area contributed by atoms with Crippen LogP contribution in [0.3, 0.4) is 0 Å². The van der Waals surface area contributed by atoms with E-state index in [0.29, 0.717) is 10.6 Å². The fourth-order valence-electron chi connectivity index (χ4n) is 3.08. The van der Waals surface area contributed by atoms with Gasteiger partial charge in [0, 0.05) is 4.88 Å². The molecule has 1 aromatic heterocycles. The van der Waals surface area contributed by atoms with Crippen molar-refractivity contribution in [3.63, 3.8) is 0 Å². The molecule has 0 unspecified atom stereocenters. The molecule has 2 aromatic rings. The largest absolute Gasteiger partial charge is 0.365 e. The molecule has 0 spiro atoms. The molecule has 0 saturated carbocycles. The Bertz CT molecular complexity index is 960. The Labute approximate surface area is 156 Å². The number of primary amides is 1. The van der Waals surface area contributed by atoms with Gasteiger partial charge >= 0.3 is 0 Å². The zero-order valence-electron chi connectivity index (χ0n) is 14.4. The first-order valence-electron chi connectivity index (χ1n) is 8.31. The maximum atomic E-state index is 12.4. The summed E-state index contributed by atoms with van der Waals surface area (Å²) >= 11 is 1.31. The molecule has 6 nitrogen and oxygen atoms in total. The number of hydrogen-bond acceptors (Lipinski definition) is 5. The Morgan fingerprint density at radius 2 is 1.81 bits per heavy atom. The number of carbonyl (C=O) groups excluding carboxylic acids is 2. The number of hydrogen-bond donors (Lipinski definition) is 2. The molecule has 0 atom stereocenters. The van der Waals surface area contributed by atoms with E-state index < -0.39 is 27.4 Å². The maximum absolute atomic E-state index is 12.4. The summed E-state index contributed by atoms with van der Waals surface area (Å²) in [5, 5.41) is 2.94. The number of carbonyl (C=O) groups is 2. The van der Waals surface area contributed by atoms with Crippen molar-refractivity contribution < 1.29 is 18.0 Å². The van der Waals surface area contributed by atoms with Gasteiger partial charge in [-0.2, -0.15) is 0 Å². The summed E-state index contributed by atoms with van der Waals surface area (Å²) in [6, 6.07) is 6.33. The molecule has 26 heavy (non-hydrogen) atoms. The van der Waals surface area contributed by atoms with Crippen molar-refractivity contribution in [1.29, 1.82) is 0 Å². The number of thiophene rings is 1. The monoisotopic (exact) mass is 392 g/mol. The van der Waals surface area contributed by atoms with Crippen LogP contribution in [0.5, 0.6) is 0 Å². The topological polar surface area (TPSA) is 106 Å². The highest BCUT2D eigenvalue weighted by molar-refractivity contribution is 7.92. The van der Waals surface area contributed by atoms with Gasteiger partial charge in [0.05, 0.1) is 10.5 Å². The van der Waals surface area contributed by atoms with Crippen LogP contribution in [-0.4, -0.2) is 26.0 Å². The standard InChI is InChI=1S/C18H20N2O4S2/c1-11-6-8-12(9-7-11)26(23,24)10-15(21)20-18-16(17(19)22)13-4-2-3-5-14(13)25-18/h6-9H,2-5,10H2,1H3,(H2,19,22)(H,20,21). The zero-order valence-corrected chi connectivity index (χ0v) is 16.0. The normalized spacial score (nSPS) is 13.9. The smallest absolute Gasteiger partial charge is 0.251 e. The number of amides is 2. The van der Waals surface area contributed by atoms with Crippen molar-refractivity contribution in [3.8, 4) is 0 Å². The number of nitrogens with one attached hydrogen (secondary N) is 1. The Morgan fingerprint density at radius 3 is 2.46 bits per heavy atom. The van der Waals surface area contributed by atoms with Gasteiger partial charge in [-0.3, -0.25) is 9.59 Å². The first kappa shape index (κ1) is 18.6. The molecular weight excluding hydrogens is 372 g/mol. The third-order valence-corrected chi connectivity index (χ3v) is 7.21. The van der Waals surface area contributed by atoms with Crippen molar-refractivity contribution in [2.45, 2.75) is 37.5 Å². The quantitative estimate of drug-likeness (QED) is 0.815. The minimum absolute atomic E-state index is 0.0962. The van der Waals surface area contributed by atoms with Gasteiger partial charge < -0.3 is 11.1 Å². The second-order valence-electron chi connectivity index (χ2n) is 6.40. The zero-order chi connectivity index (χ0) is 18.9. The molecule has 0 radical (unpaired) electrons. The van der Waals surface area contributed by atoms with Gasteiger partial charge in [0.1, 0.15) is 10.8 Å². The number of fused-ring (bicyclic) bond motifs is 1. The summed E-state index contributed by atoms with van der Waals surface area (Å²) in [4.78, 5) is 25.3. The van der Waals surface area contributed by atoms with Gasteiger partial charge in [-0.15, -0.1) is 11.3 Å². The molecular formula is C18H20N2O4S2. The molecule has 1 aliphatic rings. The maximum Gasteiger partial charge on any atom is 0.251 e. The molecule has 1 heterocycles. The van der Waals surface area contributed by atoms with Gasteiger partial charge in [0.2, 0.25) is 5.91 Å². The van der Waals surface area contributed by atoms with E-state index in [1.165, 1.54) is 23.5 Å². The molecule has 1 aliphatic carbocycles. The van der Waals surface area contributed by atoms with Crippen LogP contribution in [0.2, 0.25) is 0 Å². The van der Waals surface area contributed by atoms with Crippen LogP contribution in [0.4, 0.5) is 5.00 Å². The second kappa shape index (κ2) is 7.20. The SMILES string of the molecule is Cc1ccc(S(=O)(=O)CC(=O)Nc2sc3c(c2C(N)=O)CCCC3)cc1. The lowest BCUT2D eigenvalue weighted by Gasteiger charge is -2.11. The lowest BCUT2D eigenvalue weighted by molar-refractivity contribution is -0.113. The molecule has 0 aliphatic heterocycles. The Morgan fingerprint density at radius 1 is 1.15 bits per heavy atom. The van der Waals surface area contributed by atoms with E-state index >= 15 is 0 Å². The summed E-state index contributed by atoms with van der Waals surface area (Å²) in [7, 11) is -3.76. The summed E-state index contributed by atoms with van der Waals surface area (Å²) in [5.74, 6) is -1.95. The van der Waals surface area contributed by atoms with E-state index in [9.17, 15) is 18.0 Å². The van der Waals surface area contributed by atoms with Gasteiger partial charge in [-0.25, -0.2) is 8.42 Å². The molecule has 8 heteroatoms. The Balaban J connectivity index is 1.81. The fourth-order valence-corrected chi connectivity index (χ4v) is 5.52. The summed E-state index contributed by atoms with van der Waals surface area (Å²) in [6.07, 6.45) is 3.60. The van der Waals surface area contributed by atoms with Gasteiger partial charge in [0.25, 0.3) is 5.91 Å². The number of anilines is 1. The fraction of sp³-hybridized carbons (Fsp3) is 0.333. The van der Waals surface area contributed by atoms with Crippen molar-refractivity contribution in [3.05, 3.63) is 45.8 Å². The van der Waals surface area contributed by atoms with Gasteiger partial charge in [0.15, 0.2) is 9.84 Å². The second-order valence-corrected chi connectivity index (χ2v) is 9.49. The molecule has 3 rings (SSSR count). The molecule has 2 amide bonds. The van der Waals surface area contributed by atoms with E-state index in [0.717, 1.165) is 41.7 Å². The first-order chi connectivity index (χ1) is 12.3. The number of rotatable bonds is 5. The van der Waals surface area contributed by atoms with E-state index in [-0.39, 0.29) is 4.90 Å². The Kier molecular flexibility index (Phi) is 5.15. The highest BCUT2D eigenvalue weighted by Crippen LogP contribution is 2.37. The average Bonchev–Trinajstić information content (AvgIpc) is 2.92. The molecule has 3 N–H and O–H groups in total. The highest BCUT2D eigenvalue weighted by Gasteiger charge is 2.26. The third-order valence-electron chi connectivity index (χ3n) is 4.37. The van der Waals surface area contributed by atoms with Crippen molar-refractivity contribution >= 4 is 38.0 Å². The van der Waals surface area contributed by atoms with Crippen LogP contribution in [0.1, 0.15) is 39.2 Å². The molecule has 0 saturated heterocycles. The van der Waals surface area contributed by atoms with Gasteiger partial charge in [-0.05, 0) is 50.3 Å². The summed E-state index contributed by atoms with van der Waals surface area (Å²) in [6.45, 7) is 1.85. The van der Waals surface area contributed by atoms with E-state index in [4.69, 9.17) is 5.73 Å². The van der Waals surface area contributed by atoms with Crippen molar-refractivity contribution in [2.75, 3.05) is 11.1 Å². The predicted molar refractivity (Wildman–Crippen MR) is 101 cm³/mol. The Hall–Kier alpha value is -2.19. The first-order valence-corrected chi connectivity index (χ1v) is 10.8. The number of benzene rings is 1. The van der Waals surface area contributed by atoms with Crippen LogP contribution in [0, 0.1) is 6.92 Å². The van der Waals surface area contributed by atoms with E-state index in [1.807, 2.05) is 6.92 Å². The number of nitrogens with two attached hydrogens (primary N) is 1. The number of sulfone groups is 1. The van der Waals surface area contributed by atoms with Gasteiger partial charge in [-0.1, -0.05) is 17.7 Å². The van der Waals surface area contributed by atoms with Crippen LogP contribution in [0.15, 0.2) is 29.2 Å². The lowest BCUT2D eigenvalue weighted by Crippen LogP contribution is -2.24. The predicted octanol–water partition coefficient (Wildman–Crippen LogP) is 2.45. The molecule has 1 aromatic carbocycles. The van der Waals surface area contributed by atoms with Crippen LogP contribution >= 0.6 is 11.3 Å². The third kappa shape index (κ3) is 3.81. The van der Waals surface area contributed by atoms with Crippen LogP contribution < -0.4 is 11.1 Å². The summed E-state index contributed by atoms with van der Waals surface area (Å²) in [5.41, 5.74) is 7.64. The minimum Gasteiger partial charge on any atom is -0.365 e. The summed E-state index contributed by atoms with van der Waals surface area (Å²) < 4.78 is 24.8. The van der Waals surface area contributed by atoms with Crippen LogP contribution in [0.25, 0.3) is 0 Å².